The van der Waals surface area contributed by atoms with E-state index in [2.05, 4.69) is 10.6 Å². The number of rotatable bonds is 8. The van der Waals surface area contributed by atoms with Crippen LogP contribution in [-0.4, -0.2) is 73.3 Å². The number of hydrogen-bond donors (Lipinski definition) is 2. The summed E-state index contributed by atoms with van der Waals surface area (Å²) in [6.45, 7) is 5.57. The fraction of sp³-hybridized carbons (Fsp3) is 0.565. The van der Waals surface area contributed by atoms with Crippen LogP contribution in [0.5, 0.6) is 5.75 Å². The zero-order valence-corrected chi connectivity index (χ0v) is 19.4. The molecule has 2 aliphatic rings. The number of carbonyl (C=O) groups excluding carboxylic acids is 4. The van der Waals surface area contributed by atoms with Crippen molar-refractivity contribution in [3.8, 4) is 5.75 Å². The number of esters is 1. The van der Waals surface area contributed by atoms with E-state index in [9.17, 15) is 19.2 Å². The molecule has 0 unspecified atom stereocenters. The van der Waals surface area contributed by atoms with Crippen LogP contribution in [0.4, 0.5) is 0 Å². The summed E-state index contributed by atoms with van der Waals surface area (Å²) in [6.07, 6.45) is 0.148. The first kappa shape index (κ1) is 24.5. The van der Waals surface area contributed by atoms with Gasteiger partial charge >= 0.3 is 5.97 Å². The Bertz CT molecular complexity index is 917. The monoisotopic (exact) mass is 461 g/mol. The van der Waals surface area contributed by atoms with E-state index in [0.29, 0.717) is 36.3 Å². The van der Waals surface area contributed by atoms with Gasteiger partial charge in [-0.2, -0.15) is 0 Å². The Morgan fingerprint density at radius 2 is 2.03 bits per heavy atom. The van der Waals surface area contributed by atoms with Crippen LogP contribution in [0.15, 0.2) is 18.2 Å². The fourth-order valence-electron chi connectivity index (χ4n) is 4.10. The number of likely N-dealkylation sites (tertiary alicyclic amines) is 1. The molecule has 0 saturated carbocycles. The molecule has 3 amide bonds. The van der Waals surface area contributed by atoms with Gasteiger partial charge in [0.2, 0.25) is 18.1 Å². The number of nitrogens with one attached hydrogen (secondary N) is 2. The third kappa shape index (κ3) is 5.81. The van der Waals surface area contributed by atoms with Crippen molar-refractivity contribution in [1.82, 2.24) is 15.5 Å². The number of methoxy groups -OCH3 is 1. The van der Waals surface area contributed by atoms with Crippen molar-refractivity contribution < 1.29 is 33.4 Å². The number of hydrogen-bond acceptors (Lipinski definition) is 7. The van der Waals surface area contributed by atoms with E-state index in [4.69, 9.17) is 14.2 Å². The highest BCUT2D eigenvalue weighted by molar-refractivity contribution is 5.98. The van der Waals surface area contributed by atoms with Crippen molar-refractivity contribution in [2.24, 2.45) is 0 Å². The first-order valence-electron chi connectivity index (χ1n) is 11.1. The van der Waals surface area contributed by atoms with E-state index in [1.165, 1.54) is 12.0 Å². The van der Waals surface area contributed by atoms with E-state index < -0.39 is 30.3 Å². The summed E-state index contributed by atoms with van der Waals surface area (Å²) in [5, 5.41) is 5.43. The predicted molar refractivity (Wildman–Crippen MR) is 117 cm³/mol. The Morgan fingerprint density at radius 1 is 1.27 bits per heavy atom. The lowest BCUT2D eigenvalue weighted by atomic mass is 10.1. The highest BCUT2D eigenvalue weighted by Gasteiger charge is 2.41. The van der Waals surface area contributed by atoms with Gasteiger partial charge in [-0.3, -0.25) is 19.2 Å². The topological polar surface area (TPSA) is 123 Å². The molecule has 3 rings (SSSR count). The SMILES string of the molecule is COc1cccc(C(=O)NCC(=O)N2CCC[C@H]2C(=O)N[C@H]2CC(=O)O[C@H]2OC(C)C)c1C. The summed E-state index contributed by atoms with van der Waals surface area (Å²) in [7, 11) is 1.52. The minimum atomic E-state index is -0.850. The molecular formula is C23H31N3O7. The minimum Gasteiger partial charge on any atom is -0.496 e. The van der Waals surface area contributed by atoms with Gasteiger partial charge in [-0.05, 0) is 45.7 Å². The molecule has 0 radical (unpaired) electrons. The van der Waals surface area contributed by atoms with Crippen molar-refractivity contribution in [3.63, 3.8) is 0 Å². The molecule has 2 fully saturated rings. The maximum atomic E-state index is 12.9. The Hall–Kier alpha value is -3.14. The summed E-state index contributed by atoms with van der Waals surface area (Å²) < 4.78 is 15.9. The molecule has 2 heterocycles. The van der Waals surface area contributed by atoms with E-state index >= 15 is 0 Å². The minimum absolute atomic E-state index is 0.0136. The van der Waals surface area contributed by atoms with Gasteiger partial charge in [0.05, 0.1) is 26.2 Å². The van der Waals surface area contributed by atoms with Crippen molar-refractivity contribution in [3.05, 3.63) is 29.3 Å². The largest absolute Gasteiger partial charge is 0.496 e. The Kier molecular flexibility index (Phi) is 7.91. The third-order valence-electron chi connectivity index (χ3n) is 5.72. The van der Waals surface area contributed by atoms with Gasteiger partial charge in [-0.25, -0.2) is 0 Å². The molecule has 0 aromatic heterocycles. The highest BCUT2D eigenvalue weighted by Crippen LogP contribution is 2.22. The molecule has 10 nitrogen and oxygen atoms in total. The molecule has 2 saturated heterocycles. The average Bonchev–Trinajstić information content (AvgIpc) is 3.38. The lowest BCUT2D eigenvalue weighted by Gasteiger charge is -2.27. The van der Waals surface area contributed by atoms with E-state index in [0.717, 1.165) is 0 Å². The van der Waals surface area contributed by atoms with Gasteiger partial charge in [0.1, 0.15) is 17.8 Å². The second-order valence-corrected chi connectivity index (χ2v) is 8.42. The molecule has 1 aromatic rings. The lowest BCUT2D eigenvalue weighted by Crippen LogP contribution is -2.52. The maximum absolute atomic E-state index is 12.9. The highest BCUT2D eigenvalue weighted by atomic mass is 16.7. The van der Waals surface area contributed by atoms with Crippen molar-refractivity contribution >= 4 is 23.7 Å². The normalized spacial score (nSPS) is 22.3. The van der Waals surface area contributed by atoms with Gasteiger partial charge in [0, 0.05) is 17.7 Å². The molecule has 3 atom stereocenters. The van der Waals surface area contributed by atoms with Crippen LogP contribution in [0.3, 0.4) is 0 Å². The second kappa shape index (κ2) is 10.7. The van der Waals surface area contributed by atoms with Gasteiger partial charge in [-0.15, -0.1) is 0 Å². The third-order valence-corrected chi connectivity index (χ3v) is 5.72. The number of ether oxygens (including phenoxy) is 3. The molecule has 1 aromatic carbocycles. The number of amides is 3. The Morgan fingerprint density at radius 3 is 2.73 bits per heavy atom. The zero-order chi connectivity index (χ0) is 24.1. The molecule has 33 heavy (non-hydrogen) atoms. The summed E-state index contributed by atoms with van der Waals surface area (Å²) >= 11 is 0. The van der Waals surface area contributed by atoms with Crippen LogP contribution in [0.2, 0.25) is 0 Å². The van der Waals surface area contributed by atoms with Crippen LogP contribution in [-0.2, 0) is 23.9 Å². The zero-order valence-electron chi connectivity index (χ0n) is 19.4. The number of cyclic esters (lactones) is 1. The van der Waals surface area contributed by atoms with Crippen LogP contribution in [0, 0.1) is 6.92 Å². The standard InChI is InChI=1S/C23H31N3O7/c1-13(2)32-23-16(11-20(28)33-23)25-22(30)17-8-6-10-26(17)19(27)12-24-21(29)15-7-5-9-18(31-4)14(15)3/h5,7,9,13,16-17,23H,6,8,10-12H2,1-4H3,(H,24,29)(H,25,30)/t16-,17-,23+/m0/s1. The summed E-state index contributed by atoms with van der Waals surface area (Å²) in [5.74, 6) is -0.970. The summed E-state index contributed by atoms with van der Waals surface area (Å²) in [4.78, 5) is 51.4. The lowest BCUT2D eigenvalue weighted by molar-refractivity contribution is -0.173. The van der Waals surface area contributed by atoms with Crippen LogP contribution < -0.4 is 15.4 Å². The van der Waals surface area contributed by atoms with Crippen molar-refractivity contribution in [1.29, 1.82) is 0 Å². The average molecular weight is 462 g/mol. The Labute approximate surface area is 192 Å². The van der Waals surface area contributed by atoms with Crippen LogP contribution in [0.25, 0.3) is 0 Å². The molecule has 2 N–H and O–H groups in total. The quantitative estimate of drug-likeness (QED) is 0.552. The van der Waals surface area contributed by atoms with Gasteiger partial charge in [0.15, 0.2) is 0 Å². The fourth-order valence-corrected chi connectivity index (χ4v) is 4.10. The smallest absolute Gasteiger partial charge is 0.310 e. The molecule has 0 aliphatic carbocycles. The van der Waals surface area contributed by atoms with Crippen molar-refractivity contribution in [2.45, 2.75) is 64.5 Å². The van der Waals surface area contributed by atoms with Crippen molar-refractivity contribution in [2.75, 3.05) is 20.2 Å². The Balaban J connectivity index is 1.58. The molecule has 10 heteroatoms. The van der Waals surface area contributed by atoms with Crippen LogP contribution >= 0.6 is 0 Å². The van der Waals surface area contributed by atoms with Gasteiger partial charge < -0.3 is 29.7 Å². The second-order valence-electron chi connectivity index (χ2n) is 8.42. The first-order valence-corrected chi connectivity index (χ1v) is 11.1. The van der Waals surface area contributed by atoms with E-state index in [1.807, 2.05) is 13.8 Å². The maximum Gasteiger partial charge on any atom is 0.310 e. The number of carbonyl (C=O) groups is 4. The molecule has 2 aliphatic heterocycles. The molecule has 0 spiro atoms. The van der Waals surface area contributed by atoms with E-state index in [-0.39, 0.29) is 30.9 Å². The van der Waals surface area contributed by atoms with Gasteiger partial charge in [-0.1, -0.05) is 6.07 Å². The summed E-state index contributed by atoms with van der Waals surface area (Å²) in [5.41, 5.74) is 1.09. The van der Waals surface area contributed by atoms with Crippen LogP contribution in [0.1, 0.15) is 49.0 Å². The van der Waals surface area contributed by atoms with Gasteiger partial charge in [0.25, 0.3) is 5.91 Å². The summed E-state index contributed by atoms with van der Waals surface area (Å²) in [6, 6.07) is 3.83. The number of benzene rings is 1. The molecule has 0 bridgehead atoms. The predicted octanol–water partition coefficient (Wildman–Crippen LogP) is 0.907. The molecular weight excluding hydrogens is 430 g/mol. The van der Waals surface area contributed by atoms with E-state index in [1.54, 1.807) is 25.1 Å². The molecule has 180 valence electrons. The first-order chi connectivity index (χ1) is 15.7. The number of nitrogens with zero attached hydrogens (tertiary/aromatic N) is 1.